The summed E-state index contributed by atoms with van der Waals surface area (Å²) in [7, 11) is -5.63. The molecular weight excluding hydrogens is 1540 g/mol. The molecule has 0 N–H and O–H groups in total. The van der Waals surface area contributed by atoms with Gasteiger partial charge in [-0.05, 0) is 168 Å². The lowest BCUT2D eigenvalue weighted by Gasteiger charge is -2.35. The predicted octanol–water partition coefficient (Wildman–Crippen LogP) is 29.2. The van der Waals surface area contributed by atoms with Gasteiger partial charge < -0.3 is 0 Å². The lowest BCUT2D eigenvalue weighted by Crippen LogP contribution is -2.56. The molecule has 0 aliphatic carbocycles. The molecule has 2 aromatic carbocycles. The Bertz CT molecular complexity index is 4800. The molecule has 5 atom stereocenters. The molecule has 11 heterocycles. The number of amides is 2. The number of halogens is 4. The van der Waals surface area contributed by atoms with E-state index in [4.69, 9.17) is 8.75 Å². The number of fused-ring (bicyclic) bond motifs is 8. The quantitative estimate of drug-likeness (QED) is 0.0126. The summed E-state index contributed by atoms with van der Waals surface area (Å²) in [5.74, 6) is -3.94. The standard InChI is InChI=1S/C90H113F4N3O2S8Si2/c1-14-25-31-32-38-60-43-54(13)101-84(60)67-47-71-88(106-67)87-70(109(71,51-58(23-10)36-29-18-5)52-59(24-11)37-30-19-6)46-66(105-87)75-80(93)78(91)74(79(92)81(75)94)65-45-69-86(104-65)85-68(108(69,49-56(21-8)34-27-16-3)50-57(22-9)35-28-17-4)44-64(103-85)61-41-42-63(102-61)73-77-76(89(98)97(90(77)99)48-55(20-7)33-26-15-2)72(62-40-39-53(12)100-62)82-83(73)96-107-95-82/h39-47,55-59H,14-38,48-52H2,1-13H3. The molecule has 13 rings (SSSR count). The first-order valence-electron chi connectivity index (χ1n) is 41.7. The van der Waals surface area contributed by atoms with E-state index in [-0.39, 0.29) is 27.5 Å². The number of imide groups is 1. The first-order valence-corrected chi connectivity index (χ1v) is 53.0. The van der Waals surface area contributed by atoms with E-state index >= 15 is 27.2 Å². The summed E-state index contributed by atoms with van der Waals surface area (Å²) in [6.45, 7) is 29.6. The van der Waals surface area contributed by atoms with Crippen LogP contribution in [0.15, 0.2) is 54.6 Å². The minimum absolute atomic E-state index is 0.169. The van der Waals surface area contributed by atoms with E-state index in [1.807, 2.05) is 40.9 Å². The molecule has 0 radical (unpaired) electrons. The normalized spacial score (nSPS) is 17.3. The Morgan fingerprint density at radius 1 is 0.358 bits per heavy atom. The minimum Gasteiger partial charge on any atom is -0.274 e. The lowest BCUT2D eigenvalue weighted by atomic mass is 9.93. The number of hydrogen-bond acceptors (Lipinski definition) is 12. The van der Waals surface area contributed by atoms with Gasteiger partial charge in [-0.15, -0.1) is 79.4 Å². The maximum atomic E-state index is 18.3. The van der Waals surface area contributed by atoms with Crippen LogP contribution in [0.5, 0.6) is 0 Å². The highest BCUT2D eigenvalue weighted by molar-refractivity contribution is 7.34. The number of benzene rings is 2. The summed E-state index contributed by atoms with van der Waals surface area (Å²) in [5.41, 5.74) is 3.59. The van der Waals surface area contributed by atoms with Gasteiger partial charge in [-0.1, -0.05) is 217 Å². The Balaban J connectivity index is 0.950. The Kier molecular flexibility index (Phi) is 27.3. The van der Waals surface area contributed by atoms with Crippen molar-refractivity contribution in [3.05, 3.63) is 104 Å². The predicted molar refractivity (Wildman–Crippen MR) is 474 cm³/mol. The Morgan fingerprint density at radius 2 is 0.734 bits per heavy atom. The van der Waals surface area contributed by atoms with Gasteiger partial charge in [-0.2, -0.15) is 8.75 Å². The van der Waals surface area contributed by atoms with Crippen molar-refractivity contribution >= 4 is 151 Å². The Hall–Kier alpha value is -4.55. The van der Waals surface area contributed by atoms with Crippen LogP contribution in [0.25, 0.3) is 91.8 Å². The van der Waals surface area contributed by atoms with Crippen LogP contribution >= 0.6 is 91.1 Å². The summed E-state index contributed by atoms with van der Waals surface area (Å²) in [6, 6.07) is 23.8. The van der Waals surface area contributed by atoms with E-state index in [9.17, 15) is 0 Å². The fraction of sp³-hybridized carbons (Fsp3) is 0.533. The van der Waals surface area contributed by atoms with Crippen LogP contribution in [0.1, 0.15) is 266 Å². The van der Waals surface area contributed by atoms with Crippen molar-refractivity contribution in [3.8, 4) is 80.8 Å². The van der Waals surface area contributed by atoms with Gasteiger partial charge in [-0.3, -0.25) is 14.5 Å². The molecular formula is C90H113F4N3O2S8Si2. The summed E-state index contributed by atoms with van der Waals surface area (Å²) in [6.07, 6.45) is 27.0. The summed E-state index contributed by atoms with van der Waals surface area (Å²) in [5, 5.41) is 5.20. The third-order valence-electron chi connectivity index (χ3n) is 25.0. The fourth-order valence-corrected chi connectivity index (χ4v) is 43.5. The molecule has 3 aliphatic rings. The number of thiophene rings is 7. The highest BCUT2D eigenvalue weighted by atomic mass is 32.1. The van der Waals surface area contributed by atoms with Gasteiger partial charge in [0.15, 0.2) is 23.3 Å². The van der Waals surface area contributed by atoms with Crippen LogP contribution in [0.2, 0.25) is 24.2 Å². The van der Waals surface area contributed by atoms with Gasteiger partial charge in [-0.25, -0.2) is 17.6 Å². The van der Waals surface area contributed by atoms with Crippen molar-refractivity contribution in [2.75, 3.05) is 6.54 Å². The lowest BCUT2D eigenvalue weighted by molar-refractivity contribution is 0.0624. The molecule has 584 valence electrons. The van der Waals surface area contributed by atoms with E-state index in [0.29, 0.717) is 63.5 Å². The molecule has 0 saturated carbocycles. The summed E-state index contributed by atoms with van der Waals surface area (Å²) < 4.78 is 83.0. The molecule has 0 spiro atoms. The van der Waals surface area contributed by atoms with Crippen molar-refractivity contribution in [2.24, 2.45) is 29.6 Å². The molecule has 8 aromatic heterocycles. The number of aromatic nitrogens is 2. The van der Waals surface area contributed by atoms with Gasteiger partial charge in [0.25, 0.3) is 11.8 Å². The first kappa shape index (κ1) is 82.4. The Morgan fingerprint density at radius 3 is 1.15 bits per heavy atom. The van der Waals surface area contributed by atoms with Crippen LogP contribution in [-0.2, 0) is 6.42 Å². The van der Waals surface area contributed by atoms with Gasteiger partial charge >= 0.3 is 0 Å². The molecule has 10 aromatic rings. The van der Waals surface area contributed by atoms with Gasteiger partial charge in [0.2, 0.25) is 0 Å². The van der Waals surface area contributed by atoms with E-state index in [1.165, 1.54) is 87.5 Å². The van der Waals surface area contributed by atoms with Gasteiger partial charge in [0.1, 0.15) is 27.2 Å². The van der Waals surface area contributed by atoms with Crippen LogP contribution in [0, 0.1) is 66.7 Å². The van der Waals surface area contributed by atoms with Crippen molar-refractivity contribution in [1.82, 2.24) is 13.6 Å². The molecule has 109 heavy (non-hydrogen) atoms. The van der Waals surface area contributed by atoms with Crippen LogP contribution < -0.4 is 20.7 Å². The van der Waals surface area contributed by atoms with E-state index in [2.05, 4.69) is 126 Å². The molecule has 0 saturated heterocycles. The van der Waals surface area contributed by atoms with Crippen LogP contribution in [0.4, 0.5) is 17.6 Å². The number of rotatable bonds is 41. The highest BCUT2D eigenvalue weighted by Crippen LogP contribution is 2.56. The topological polar surface area (TPSA) is 63.2 Å². The molecule has 19 heteroatoms. The maximum absolute atomic E-state index is 18.3. The molecule has 5 nitrogen and oxygen atoms in total. The maximum Gasteiger partial charge on any atom is 0.262 e. The number of hydrogen-bond donors (Lipinski definition) is 0. The number of unbranched alkanes of at least 4 members (excludes halogenated alkanes) is 8. The van der Waals surface area contributed by atoms with Crippen molar-refractivity contribution in [2.45, 2.75) is 275 Å². The van der Waals surface area contributed by atoms with Crippen molar-refractivity contribution in [1.29, 1.82) is 0 Å². The van der Waals surface area contributed by atoms with E-state index in [1.54, 1.807) is 34.0 Å². The summed E-state index contributed by atoms with van der Waals surface area (Å²) >= 11 is 12.4. The minimum atomic E-state index is -2.90. The van der Waals surface area contributed by atoms with Crippen LogP contribution in [-0.4, -0.2) is 48.2 Å². The third-order valence-corrected chi connectivity index (χ3v) is 45.6. The molecule has 0 bridgehead atoms. The zero-order valence-corrected chi connectivity index (χ0v) is 75.3. The first-order chi connectivity index (χ1) is 52.8. The van der Waals surface area contributed by atoms with Crippen molar-refractivity contribution in [3.63, 3.8) is 0 Å². The average Bonchev–Trinajstić information content (AvgIpc) is 1.57. The monoisotopic (exact) mass is 1660 g/mol. The Labute approximate surface area is 681 Å². The second-order valence-corrected chi connectivity index (χ2v) is 48.7. The average molecular weight is 1660 g/mol. The van der Waals surface area contributed by atoms with Gasteiger partial charge in [0.05, 0.1) is 34.0 Å². The highest BCUT2D eigenvalue weighted by Gasteiger charge is 2.53. The number of aryl methyl sites for hydroxylation is 3. The largest absolute Gasteiger partial charge is 0.274 e. The van der Waals surface area contributed by atoms with Crippen LogP contribution in [0.3, 0.4) is 0 Å². The molecule has 2 amide bonds. The molecule has 3 aliphatic heterocycles. The van der Waals surface area contributed by atoms with Gasteiger partial charge in [0, 0.05) is 86.0 Å². The smallest absolute Gasteiger partial charge is 0.262 e. The molecule has 5 unspecified atom stereocenters. The van der Waals surface area contributed by atoms with E-state index < -0.39 is 50.5 Å². The molecule has 0 fully saturated rings. The fourth-order valence-electron chi connectivity index (χ4n) is 18.8. The zero-order valence-electron chi connectivity index (χ0n) is 66.7. The SMILES string of the molecule is CCCCCCc1cc(C)sc1-c1cc2c(s1)-c1sc(-c3c(F)c(F)c(-c4cc5c(s4)-c4sc(-c6ccc(-c7c8c(c(-c9ccc(C)s9)c9nsnc79)C(=O)N(CC(CC)CCCC)C8=O)s6)cc4[Si]5(CC(CC)CCCC)CC(CC)CCCC)c(F)c3F)cc1[Si]2(CC(CC)CCCC)CC(CC)CCCC. The zero-order chi connectivity index (χ0) is 77.2. The number of carbonyl (C=O) groups is 2. The van der Waals surface area contributed by atoms with E-state index in [0.717, 1.165) is 221 Å². The summed E-state index contributed by atoms with van der Waals surface area (Å²) in [4.78, 5) is 45.7. The second-order valence-electron chi connectivity index (χ2n) is 32.3. The third kappa shape index (κ3) is 15.8. The number of nitrogens with zero attached hydrogens (tertiary/aromatic N) is 3. The van der Waals surface area contributed by atoms with Crippen molar-refractivity contribution < 1.29 is 27.2 Å². The second kappa shape index (κ2) is 36.1. The number of carbonyl (C=O) groups excluding carboxylic acids is 2.